The molecule has 0 saturated heterocycles. The number of benzene rings is 2. The minimum absolute atomic E-state index is 0.405. The quantitative estimate of drug-likeness (QED) is 0.577. The predicted molar refractivity (Wildman–Crippen MR) is 135 cm³/mol. The number of para-hydroxylation sites is 1. The Bertz CT molecular complexity index is 1040. The third kappa shape index (κ3) is 6.73. The number of anilines is 1. The predicted octanol–water partition coefficient (Wildman–Crippen LogP) is 5.32. The van der Waals surface area contributed by atoms with Crippen LogP contribution in [0.2, 0.25) is 5.02 Å². The molecule has 0 aliphatic carbocycles. The summed E-state index contributed by atoms with van der Waals surface area (Å²) in [6.07, 6.45) is -0.707. The number of likely N-dealkylation sites (N-methyl/N-ethyl adjacent to an activating group) is 1. The largest absolute Gasteiger partial charge is 0.444 e. The van der Waals surface area contributed by atoms with E-state index in [-0.39, 0.29) is 0 Å². The summed E-state index contributed by atoms with van der Waals surface area (Å²) in [6, 6.07) is 9.16. The van der Waals surface area contributed by atoms with Gasteiger partial charge in [0.15, 0.2) is 0 Å². The number of nitrogens with zero attached hydrogens (tertiary/aromatic N) is 1. The van der Waals surface area contributed by atoms with Crippen molar-refractivity contribution in [2.24, 2.45) is 0 Å². The number of rotatable bonds is 6. The number of halogens is 1. The van der Waals surface area contributed by atoms with Crippen LogP contribution in [-0.4, -0.2) is 41.5 Å². The summed E-state index contributed by atoms with van der Waals surface area (Å²) >= 11 is 6.33. The number of amides is 3. The summed E-state index contributed by atoms with van der Waals surface area (Å²) in [7, 11) is 1.55. The third-order valence-corrected chi connectivity index (χ3v) is 5.69. The smallest absolute Gasteiger partial charge is 0.408 e. The molecule has 0 aliphatic rings. The van der Waals surface area contributed by atoms with Crippen LogP contribution in [0.3, 0.4) is 0 Å². The highest BCUT2D eigenvalue weighted by molar-refractivity contribution is 6.34. The second kappa shape index (κ2) is 10.9. The van der Waals surface area contributed by atoms with Gasteiger partial charge >= 0.3 is 6.09 Å². The van der Waals surface area contributed by atoms with Crippen molar-refractivity contribution in [3.8, 4) is 0 Å². The summed E-state index contributed by atoms with van der Waals surface area (Å²) < 4.78 is 5.26. The Kier molecular flexibility index (Phi) is 8.72. The van der Waals surface area contributed by atoms with Crippen LogP contribution in [0.4, 0.5) is 10.5 Å². The van der Waals surface area contributed by atoms with Gasteiger partial charge in [-0.05, 0) is 76.8 Å². The van der Waals surface area contributed by atoms with Gasteiger partial charge in [-0.15, -0.1) is 0 Å². The van der Waals surface area contributed by atoms with E-state index < -0.39 is 35.6 Å². The average molecular weight is 488 g/mol. The Morgan fingerprint density at radius 3 is 2.03 bits per heavy atom. The summed E-state index contributed by atoms with van der Waals surface area (Å²) in [5, 5.41) is 5.86. The number of hydrogen-bond acceptors (Lipinski definition) is 4. The molecule has 2 aromatic rings. The monoisotopic (exact) mass is 487 g/mol. The molecule has 2 rings (SSSR count). The Morgan fingerprint density at radius 1 is 0.971 bits per heavy atom. The lowest BCUT2D eigenvalue weighted by Crippen LogP contribution is -2.50. The van der Waals surface area contributed by atoms with Crippen LogP contribution in [0.25, 0.3) is 0 Å². The molecule has 0 saturated carbocycles. The molecule has 2 aromatic carbocycles. The normalized spacial score (nSPS) is 13.0. The molecule has 0 aliphatic heterocycles. The van der Waals surface area contributed by atoms with Crippen LogP contribution in [0, 0.1) is 20.8 Å². The first-order valence-electron chi connectivity index (χ1n) is 11.1. The maximum atomic E-state index is 13.6. The highest BCUT2D eigenvalue weighted by atomic mass is 35.5. The van der Waals surface area contributed by atoms with Crippen LogP contribution in [0.15, 0.2) is 36.4 Å². The molecule has 0 heterocycles. The van der Waals surface area contributed by atoms with Gasteiger partial charge in [0.1, 0.15) is 17.7 Å². The molecule has 0 aromatic heterocycles. The van der Waals surface area contributed by atoms with Crippen molar-refractivity contribution in [1.82, 2.24) is 10.2 Å². The maximum Gasteiger partial charge on any atom is 0.408 e. The van der Waals surface area contributed by atoms with Crippen molar-refractivity contribution in [1.29, 1.82) is 0 Å². The zero-order valence-electron chi connectivity index (χ0n) is 21.1. The lowest BCUT2D eigenvalue weighted by atomic mass is 9.94. The standard InChI is InChI=1S/C26H34ClN3O4/c1-15-11-9-12-16(2)20(15)22(23(31)29-21-17(3)13-10-14-19(21)27)30(8)24(32)18(4)28-25(33)34-26(5,6)7/h9-14,18,22H,1-8H3,(H,28,33)(H,29,31). The van der Waals surface area contributed by atoms with E-state index in [0.29, 0.717) is 16.3 Å². The number of hydrogen-bond donors (Lipinski definition) is 2. The van der Waals surface area contributed by atoms with Crippen molar-refractivity contribution in [2.75, 3.05) is 12.4 Å². The van der Waals surface area contributed by atoms with E-state index in [4.69, 9.17) is 16.3 Å². The molecule has 2 unspecified atom stereocenters. The second-order valence-electron chi connectivity index (χ2n) is 9.45. The fourth-order valence-electron chi connectivity index (χ4n) is 3.72. The first kappa shape index (κ1) is 27.2. The second-order valence-corrected chi connectivity index (χ2v) is 9.85. The Hall–Kier alpha value is -3.06. The molecule has 0 radical (unpaired) electrons. The van der Waals surface area contributed by atoms with Gasteiger partial charge in [0, 0.05) is 7.05 Å². The van der Waals surface area contributed by atoms with E-state index in [2.05, 4.69) is 10.6 Å². The first-order valence-corrected chi connectivity index (χ1v) is 11.5. The molecular formula is C26H34ClN3O4. The van der Waals surface area contributed by atoms with E-state index in [1.807, 2.05) is 45.0 Å². The number of carbonyl (C=O) groups is 3. The van der Waals surface area contributed by atoms with Crippen LogP contribution in [0.1, 0.15) is 56.0 Å². The minimum atomic E-state index is -0.952. The van der Waals surface area contributed by atoms with Crippen molar-refractivity contribution < 1.29 is 19.1 Å². The number of carbonyl (C=O) groups excluding carboxylic acids is 3. The summed E-state index contributed by atoms with van der Waals surface area (Å²) in [4.78, 5) is 40.5. The highest BCUT2D eigenvalue weighted by Crippen LogP contribution is 2.31. The number of nitrogens with one attached hydrogen (secondary N) is 2. The number of ether oxygens (including phenoxy) is 1. The fraction of sp³-hybridized carbons (Fsp3) is 0.423. The van der Waals surface area contributed by atoms with Crippen molar-refractivity contribution in [2.45, 2.75) is 66.2 Å². The van der Waals surface area contributed by atoms with Gasteiger partial charge in [-0.2, -0.15) is 0 Å². The molecule has 0 fully saturated rings. The average Bonchev–Trinajstić information content (AvgIpc) is 2.71. The van der Waals surface area contributed by atoms with E-state index in [9.17, 15) is 14.4 Å². The van der Waals surface area contributed by atoms with E-state index in [0.717, 1.165) is 16.7 Å². The SMILES string of the molecule is Cc1cccc(Cl)c1NC(=O)C(c1c(C)cccc1C)N(C)C(=O)C(C)NC(=O)OC(C)(C)C. The first-order chi connectivity index (χ1) is 15.7. The summed E-state index contributed by atoms with van der Waals surface area (Å²) in [5.41, 5.74) is 3.03. The van der Waals surface area contributed by atoms with Gasteiger partial charge in [0.25, 0.3) is 5.91 Å². The Morgan fingerprint density at radius 2 is 1.50 bits per heavy atom. The van der Waals surface area contributed by atoms with Gasteiger partial charge in [-0.25, -0.2) is 4.79 Å². The van der Waals surface area contributed by atoms with Gasteiger partial charge < -0.3 is 20.3 Å². The molecule has 184 valence electrons. The van der Waals surface area contributed by atoms with Crippen molar-refractivity contribution in [3.05, 3.63) is 63.7 Å². The topological polar surface area (TPSA) is 87.7 Å². The van der Waals surface area contributed by atoms with Gasteiger partial charge in [0.05, 0.1) is 10.7 Å². The summed E-state index contributed by atoms with van der Waals surface area (Å²) in [5.74, 6) is -0.849. The highest BCUT2D eigenvalue weighted by Gasteiger charge is 2.34. The molecule has 0 bridgehead atoms. The zero-order chi connectivity index (χ0) is 25.8. The molecule has 7 nitrogen and oxygen atoms in total. The molecular weight excluding hydrogens is 454 g/mol. The Labute approximate surface area is 206 Å². The lowest BCUT2D eigenvalue weighted by Gasteiger charge is -2.32. The molecule has 34 heavy (non-hydrogen) atoms. The Balaban J connectivity index is 2.40. The molecule has 2 N–H and O–H groups in total. The minimum Gasteiger partial charge on any atom is -0.444 e. The van der Waals surface area contributed by atoms with Crippen LogP contribution >= 0.6 is 11.6 Å². The number of aryl methyl sites for hydroxylation is 3. The molecule has 2 atom stereocenters. The number of alkyl carbamates (subject to hydrolysis) is 1. The molecule has 0 spiro atoms. The third-order valence-electron chi connectivity index (χ3n) is 5.37. The van der Waals surface area contributed by atoms with Crippen molar-refractivity contribution >= 4 is 35.2 Å². The van der Waals surface area contributed by atoms with Gasteiger partial charge in [-0.3, -0.25) is 9.59 Å². The van der Waals surface area contributed by atoms with E-state index in [1.54, 1.807) is 46.9 Å². The zero-order valence-corrected chi connectivity index (χ0v) is 21.8. The van der Waals surface area contributed by atoms with E-state index in [1.165, 1.54) is 4.90 Å². The summed E-state index contributed by atoms with van der Waals surface area (Å²) in [6.45, 7) is 12.4. The molecule has 3 amide bonds. The van der Waals surface area contributed by atoms with Crippen molar-refractivity contribution in [3.63, 3.8) is 0 Å². The lowest BCUT2D eigenvalue weighted by molar-refractivity contribution is -0.138. The molecule has 8 heteroatoms. The van der Waals surface area contributed by atoms with Crippen LogP contribution in [0.5, 0.6) is 0 Å². The van der Waals surface area contributed by atoms with Gasteiger partial charge in [0.2, 0.25) is 5.91 Å². The van der Waals surface area contributed by atoms with Crippen LogP contribution in [-0.2, 0) is 14.3 Å². The van der Waals surface area contributed by atoms with Crippen LogP contribution < -0.4 is 10.6 Å². The van der Waals surface area contributed by atoms with E-state index >= 15 is 0 Å². The van der Waals surface area contributed by atoms with Gasteiger partial charge in [-0.1, -0.05) is 41.9 Å². The maximum absolute atomic E-state index is 13.6. The fourth-order valence-corrected chi connectivity index (χ4v) is 3.99.